The van der Waals surface area contributed by atoms with Crippen molar-refractivity contribution in [3.63, 3.8) is 0 Å². The van der Waals surface area contributed by atoms with E-state index in [0.29, 0.717) is 23.2 Å². The molecule has 130 valence electrons. The molecule has 6 heteroatoms. The van der Waals surface area contributed by atoms with Crippen molar-refractivity contribution >= 4 is 11.6 Å². The highest BCUT2D eigenvalue weighted by molar-refractivity contribution is 6.02. The zero-order valence-corrected chi connectivity index (χ0v) is 14.7. The van der Waals surface area contributed by atoms with Crippen LogP contribution in [0.15, 0.2) is 40.9 Å². The SMILES string of the molecule is CCCc1cc(C(=O)Nc2ccc(-c3ncc(C(C)C)o3)cc2)n[nH]1. The standard InChI is InChI=1S/C19H22N4O2/c1-4-5-15-10-16(23-22-15)18(24)21-14-8-6-13(7-9-14)19-20-11-17(25-19)12(2)3/h6-12H,4-5H2,1-3H3,(H,21,24)(H,22,23). The Morgan fingerprint density at radius 2 is 2.04 bits per heavy atom. The number of benzene rings is 1. The van der Waals surface area contributed by atoms with Crippen LogP contribution in [-0.4, -0.2) is 21.1 Å². The lowest BCUT2D eigenvalue weighted by Gasteiger charge is -2.04. The van der Waals surface area contributed by atoms with E-state index >= 15 is 0 Å². The van der Waals surface area contributed by atoms with Crippen LogP contribution < -0.4 is 5.32 Å². The first-order valence-corrected chi connectivity index (χ1v) is 8.48. The van der Waals surface area contributed by atoms with E-state index in [1.165, 1.54) is 0 Å². The van der Waals surface area contributed by atoms with Gasteiger partial charge >= 0.3 is 0 Å². The Balaban J connectivity index is 1.68. The Morgan fingerprint density at radius 3 is 2.68 bits per heavy atom. The van der Waals surface area contributed by atoms with Crippen molar-refractivity contribution in [2.45, 2.75) is 39.5 Å². The first kappa shape index (κ1) is 17.0. The monoisotopic (exact) mass is 338 g/mol. The number of aryl methyl sites for hydroxylation is 1. The zero-order chi connectivity index (χ0) is 17.8. The average molecular weight is 338 g/mol. The third-order valence-electron chi connectivity index (χ3n) is 3.87. The van der Waals surface area contributed by atoms with Crippen LogP contribution in [0.3, 0.4) is 0 Å². The Bertz CT molecular complexity index is 846. The summed E-state index contributed by atoms with van der Waals surface area (Å²) in [6, 6.07) is 9.18. The second kappa shape index (κ2) is 7.34. The number of carbonyl (C=O) groups is 1. The van der Waals surface area contributed by atoms with E-state index in [1.807, 2.05) is 24.3 Å². The van der Waals surface area contributed by atoms with Gasteiger partial charge in [0.15, 0.2) is 5.69 Å². The number of H-pyrrole nitrogens is 1. The van der Waals surface area contributed by atoms with Crippen LogP contribution in [0, 0.1) is 0 Å². The van der Waals surface area contributed by atoms with Gasteiger partial charge in [0.2, 0.25) is 5.89 Å². The molecule has 0 saturated heterocycles. The first-order valence-electron chi connectivity index (χ1n) is 8.48. The molecule has 3 rings (SSSR count). The summed E-state index contributed by atoms with van der Waals surface area (Å²) >= 11 is 0. The number of amides is 1. The van der Waals surface area contributed by atoms with Crippen LogP contribution >= 0.6 is 0 Å². The number of aromatic amines is 1. The molecule has 0 bridgehead atoms. The van der Waals surface area contributed by atoms with E-state index in [2.05, 4.69) is 41.3 Å². The van der Waals surface area contributed by atoms with Gasteiger partial charge < -0.3 is 9.73 Å². The van der Waals surface area contributed by atoms with Crippen LogP contribution in [0.5, 0.6) is 0 Å². The van der Waals surface area contributed by atoms with Crippen LogP contribution in [0.1, 0.15) is 55.1 Å². The lowest BCUT2D eigenvalue weighted by Crippen LogP contribution is -2.12. The van der Waals surface area contributed by atoms with Crippen molar-refractivity contribution < 1.29 is 9.21 Å². The summed E-state index contributed by atoms with van der Waals surface area (Å²) in [6.45, 7) is 6.20. The van der Waals surface area contributed by atoms with Gasteiger partial charge in [0.25, 0.3) is 5.91 Å². The molecule has 0 aliphatic rings. The minimum atomic E-state index is -0.232. The molecule has 0 unspecified atom stereocenters. The van der Waals surface area contributed by atoms with Gasteiger partial charge in [-0.3, -0.25) is 9.89 Å². The van der Waals surface area contributed by atoms with E-state index in [4.69, 9.17) is 4.42 Å². The maximum Gasteiger partial charge on any atom is 0.276 e. The van der Waals surface area contributed by atoms with E-state index in [-0.39, 0.29) is 5.91 Å². The summed E-state index contributed by atoms with van der Waals surface area (Å²) in [4.78, 5) is 16.5. The van der Waals surface area contributed by atoms with Gasteiger partial charge in [-0.1, -0.05) is 27.2 Å². The summed E-state index contributed by atoms with van der Waals surface area (Å²) in [5.41, 5.74) is 2.92. The third-order valence-corrected chi connectivity index (χ3v) is 3.87. The smallest absolute Gasteiger partial charge is 0.276 e. The van der Waals surface area contributed by atoms with Gasteiger partial charge in [0, 0.05) is 22.9 Å². The van der Waals surface area contributed by atoms with E-state index < -0.39 is 0 Å². The number of anilines is 1. The zero-order valence-electron chi connectivity index (χ0n) is 14.7. The number of nitrogens with one attached hydrogen (secondary N) is 2. The minimum absolute atomic E-state index is 0.232. The third kappa shape index (κ3) is 3.96. The molecular formula is C19H22N4O2. The van der Waals surface area contributed by atoms with E-state index in [0.717, 1.165) is 29.9 Å². The normalized spacial score (nSPS) is 11.0. The molecule has 0 saturated carbocycles. The van der Waals surface area contributed by atoms with Gasteiger partial charge in [-0.15, -0.1) is 0 Å². The molecule has 0 spiro atoms. The fraction of sp³-hybridized carbons (Fsp3) is 0.316. The van der Waals surface area contributed by atoms with Gasteiger partial charge in [-0.2, -0.15) is 5.10 Å². The Labute approximate surface area is 146 Å². The Kier molecular flexibility index (Phi) is 4.97. The molecule has 0 aliphatic heterocycles. The van der Waals surface area contributed by atoms with Crippen LogP contribution in [0.25, 0.3) is 11.5 Å². The number of rotatable bonds is 6. The second-order valence-electron chi connectivity index (χ2n) is 6.28. The first-order chi connectivity index (χ1) is 12.1. The summed E-state index contributed by atoms with van der Waals surface area (Å²) in [5.74, 6) is 1.50. The predicted molar refractivity (Wildman–Crippen MR) is 96.6 cm³/mol. The van der Waals surface area contributed by atoms with Crippen LogP contribution in [0.2, 0.25) is 0 Å². The molecule has 25 heavy (non-hydrogen) atoms. The van der Waals surface area contributed by atoms with Crippen molar-refractivity contribution in [1.82, 2.24) is 15.2 Å². The maximum atomic E-state index is 12.2. The topological polar surface area (TPSA) is 83.8 Å². The van der Waals surface area contributed by atoms with Gasteiger partial charge in [-0.25, -0.2) is 4.98 Å². The maximum absolute atomic E-state index is 12.2. The highest BCUT2D eigenvalue weighted by Gasteiger charge is 2.12. The van der Waals surface area contributed by atoms with Crippen molar-refractivity contribution in [2.24, 2.45) is 0 Å². The quantitative estimate of drug-likeness (QED) is 0.698. The van der Waals surface area contributed by atoms with E-state index in [1.54, 1.807) is 12.3 Å². The molecule has 0 atom stereocenters. The average Bonchev–Trinajstić information content (AvgIpc) is 3.25. The molecule has 2 N–H and O–H groups in total. The molecule has 6 nitrogen and oxygen atoms in total. The number of hydrogen-bond donors (Lipinski definition) is 2. The molecular weight excluding hydrogens is 316 g/mol. The van der Waals surface area contributed by atoms with Crippen molar-refractivity contribution in [3.8, 4) is 11.5 Å². The molecule has 0 fully saturated rings. The van der Waals surface area contributed by atoms with Gasteiger partial charge in [-0.05, 0) is 36.8 Å². The number of nitrogens with zero attached hydrogens (tertiary/aromatic N) is 2. The van der Waals surface area contributed by atoms with Crippen molar-refractivity contribution in [3.05, 3.63) is 53.7 Å². The molecule has 3 aromatic rings. The van der Waals surface area contributed by atoms with Crippen LogP contribution in [0.4, 0.5) is 5.69 Å². The Hall–Kier alpha value is -2.89. The molecule has 2 aromatic heterocycles. The summed E-state index contributed by atoms with van der Waals surface area (Å²) in [7, 11) is 0. The van der Waals surface area contributed by atoms with Gasteiger partial charge in [0.05, 0.1) is 6.20 Å². The van der Waals surface area contributed by atoms with Gasteiger partial charge in [0.1, 0.15) is 5.76 Å². The molecule has 1 amide bonds. The molecule has 0 aliphatic carbocycles. The number of carbonyl (C=O) groups excluding carboxylic acids is 1. The fourth-order valence-electron chi connectivity index (χ4n) is 2.45. The minimum Gasteiger partial charge on any atom is -0.441 e. The summed E-state index contributed by atoms with van der Waals surface area (Å²) < 4.78 is 5.73. The largest absolute Gasteiger partial charge is 0.441 e. The van der Waals surface area contributed by atoms with Crippen LogP contribution in [-0.2, 0) is 6.42 Å². The number of aromatic nitrogens is 3. The highest BCUT2D eigenvalue weighted by atomic mass is 16.4. The predicted octanol–water partition coefficient (Wildman–Crippen LogP) is 4.39. The number of oxazole rings is 1. The molecule has 0 radical (unpaired) electrons. The second-order valence-corrected chi connectivity index (χ2v) is 6.28. The fourth-order valence-corrected chi connectivity index (χ4v) is 2.45. The summed E-state index contributed by atoms with van der Waals surface area (Å²) in [5, 5.41) is 9.78. The Morgan fingerprint density at radius 1 is 1.28 bits per heavy atom. The highest BCUT2D eigenvalue weighted by Crippen LogP contribution is 2.24. The van der Waals surface area contributed by atoms with E-state index in [9.17, 15) is 4.79 Å². The lowest BCUT2D eigenvalue weighted by molar-refractivity contribution is 0.102. The molecule has 1 aromatic carbocycles. The summed E-state index contributed by atoms with van der Waals surface area (Å²) in [6.07, 6.45) is 3.63. The number of hydrogen-bond acceptors (Lipinski definition) is 4. The molecule has 2 heterocycles. The lowest BCUT2D eigenvalue weighted by atomic mass is 10.2. The van der Waals surface area contributed by atoms with Crippen molar-refractivity contribution in [2.75, 3.05) is 5.32 Å². The van der Waals surface area contributed by atoms with Crippen molar-refractivity contribution in [1.29, 1.82) is 0 Å².